The molecule has 1 aromatic heterocycles. The Morgan fingerprint density at radius 1 is 1.44 bits per heavy atom. The van der Waals surface area contributed by atoms with Gasteiger partial charge in [0.25, 0.3) is 0 Å². The van der Waals surface area contributed by atoms with E-state index in [1.54, 1.807) is 0 Å². The lowest BCUT2D eigenvalue weighted by Crippen LogP contribution is -2.02. The predicted molar refractivity (Wildman–Crippen MR) is 65.1 cm³/mol. The van der Waals surface area contributed by atoms with E-state index in [4.69, 9.17) is 11.6 Å². The number of benzene rings is 1. The molecule has 1 aliphatic rings. The number of aromatic nitrogens is 1. The first kappa shape index (κ1) is 9.91. The highest BCUT2D eigenvalue weighted by molar-refractivity contribution is 6.35. The zero-order valence-electron chi connectivity index (χ0n) is 9.01. The van der Waals surface area contributed by atoms with E-state index < -0.39 is 0 Å². The number of fused-ring (bicyclic) bond motifs is 1. The Kier molecular flexibility index (Phi) is 2.08. The van der Waals surface area contributed by atoms with Crippen molar-refractivity contribution in [3.05, 3.63) is 34.5 Å². The van der Waals surface area contributed by atoms with Crippen LogP contribution in [0.4, 0.5) is 0 Å². The maximum atomic E-state index is 12.2. The van der Waals surface area contributed by atoms with Gasteiger partial charge in [-0.3, -0.25) is 4.79 Å². The molecule has 0 aliphatic heterocycles. The Labute approximate surface area is 98.6 Å². The molecule has 1 N–H and O–H groups in total. The Balaban J connectivity index is 2.26. The third-order valence-electron chi connectivity index (χ3n) is 3.16. The fourth-order valence-corrected chi connectivity index (χ4v) is 2.40. The number of carbonyl (C=O) groups is 1. The first-order chi connectivity index (χ1) is 7.68. The number of aromatic amines is 1. The van der Waals surface area contributed by atoms with Gasteiger partial charge in [0.1, 0.15) is 0 Å². The molecule has 0 spiro atoms. The molecule has 1 saturated carbocycles. The molecule has 2 nitrogen and oxygen atoms in total. The van der Waals surface area contributed by atoms with Crippen molar-refractivity contribution in [3.63, 3.8) is 0 Å². The Bertz CT molecular complexity index is 581. The van der Waals surface area contributed by atoms with Gasteiger partial charge in [-0.25, -0.2) is 0 Å². The third-order valence-corrected chi connectivity index (χ3v) is 3.48. The number of ketones is 1. The van der Waals surface area contributed by atoms with Gasteiger partial charge in [-0.1, -0.05) is 23.7 Å². The highest BCUT2D eigenvalue weighted by Gasteiger charge is 2.33. The number of halogens is 1. The summed E-state index contributed by atoms with van der Waals surface area (Å²) in [5, 5.41) is 1.64. The van der Waals surface area contributed by atoms with Gasteiger partial charge in [-0.05, 0) is 25.8 Å². The fraction of sp³-hybridized carbons (Fsp3) is 0.308. The van der Waals surface area contributed by atoms with Crippen LogP contribution in [-0.2, 0) is 0 Å². The van der Waals surface area contributed by atoms with Gasteiger partial charge in [-0.15, -0.1) is 0 Å². The first-order valence-corrected chi connectivity index (χ1v) is 5.87. The molecule has 1 aromatic carbocycles. The summed E-state index contributed by atoms with van der Waals surface area (Å²) in [5.41, 5.74) is 2.64. The molecule has 1 aliphatic carbocycles. The van der Waals surface area contributed by atoms with Crippen LogP contribution in [-0.4, -0.2) is 10.8 Å². The van der Waals surface area contributed by atoms with Crippen LogP contribution in [0.2, 0.25) is 5.02 Å². The van der Waals surface area contributed by atoms with Crippen molar-refractivity contribution < 1.29 is 4.79 Å². The van der Waals surface area contributed by atoms with Crippen molar-refractivity contribution in [1.82, 2.24) is 4.98 Å². The molecular weight excluding hydrogens is 222 g/mol. The number of rotatable bonds is 2. The third kappa shape index (κ3) is 1.37. The van der Waals surface area contributed by atoms with Crippen molar-refractivity contribution in [2.24, 2.45) is 5.92 Å². The minimum Gasteiger partial charge on any atom is -0.357 e. The molecule has 1 fully saturated rings. The Morgan fingerprint density at radius 3 is 2.88 bits per heavy atom. The number of nitrogens with one attached hydrogen (secondary N) is 1. The van der Waals surface area contributed by atoms with Crippen molar-refractivity contribution >= 4 is 28.3 Å². The van der Waals surface area contributed by atoms with Gasteiger partial charge < -0.3 is 4.98 Å². The summed E-state index contributed by atoms with van der Waals surface area (Å²) >= 11 is 6.10. The predicted octanol–water partition coefficient (Wildman–Crippen LogP) is 3.72. The zero-order valence-corrected chi connectivity index (χ0v) is 9.77. The molecule has 1 heterocycles. The van der Waals surface area contributed by atoms with Crippen LogP contribution in [0, 0.1) is 12.8 Å². The molecule has 0 radical (unpaired) electrons. The Hall–Kier alpha value is -1.28. The van der Waals surface area contributed by atoms with Crippen molar-refractivity contribution in [1.29, 1.82) is 0 Å². The fourth-order valence-electron chi connectivity index (χ4n) is 2.18. The number of para-hydroxylation sites is 1. The van der Waals surface area contributed by atoms with Gasteiger partial charge in [-0.2, -0.15) is 0 Å². The standard InChI is InChI=1S/C13H12ClNO/c1-7-11(13(16)8-5-6-8)9-3-2-4-10(14)12(9)15-7/h2-4,8,15H,5-6H2,1H3. The van der Waals surface area contributed by atoms with E-state index in [0.29, 0.717) is 5.02 Å². The van der Waals surface area contributed by atoms with Gasteiger partial charge in [0, 0.05) is 22.6 Å². The number of hydrogen-bond donors (Lipinski definition) is 1. The van der Waals surface area contributed by atoms with Crippen molar-refractivity contribution in [3.8, 4) is 0 Å². The summed E-state index contributed by atoms with van der Waals surface area (Å²) in [7, 11) is 0. The average Bonchev–Trinajstić information content (AvgIpc) is 3.02. The van der Waals surface area contributed by atoms with Crippen LogP contribution in [0.15, 0.2) is 18.2 Å². The second-order valence-electron chi connectivity index (χ2n) is 4.43. The van der Waals surface area contributed by atoms with Crippen molar-refractivity contribution in [2.45, 2.75) is 19.8 Å². The molecule has 82 valence electrons. The number of Topliss-reactive ketones (excluding diaryl/α,β-unsaturated/α-hetero) is 1. The van der Waals surface area contributed by atoms with Crippen LogP contribution in [0.5, 0.6) is 0 Å². The molecule has 0 unspecified atom stereocenters. The van der Waals surface area contributed by atoms with E-state index >= 15 is 0 Å². The van der Waals surface area contributed by atoms with E-state index in [0.717, 1.165) is 35.0 Å². The molecular formula is C13H12ClNO. The number of hydrogen-bond acceptors (Lipinski definition) is 1. The SMILES string of the molecule is Cc1[nH]c2c(Cl)cccc2c1C(=O)C1CC1. The van der Waals surface area contributed by atoms with Gasteiger partial charge in [0.15, 0.2) is 5.78 Å². The topological polar surface area (TPSA) is 32.9 Å². The summed E-state index contributed by atoms with van der Waals surface area (Å²) in [6, 6.07) is 5.69. The average molecular weight is 234 g/mol. The van der Waals surface area contributed by atoms with Crippen LogP contribution in [0.3, 0.4) is 0 Å². The monoisotopic (exact) mass is 233 g/mol. The summed E-state index contributed by atoms with van der Waals surface area (Å²) in [6.45, 7) is 1.94. The number of carbonyl (C=O) groups excluding carboxylic acids is 1. The second-order valence-corrected chi connectivity index (χ2v) is 4.83. The second kappa shape index (κ2) is 3.36. The lowest BCUT2D eigenvalue weighted by molar-refractivity contribution is 0.0968. The molecule has 16 heavy (non-hydrogen) atoms. The minimum atomic E-state index is 0.247. The highest BCUT2D eigenvalue weighted by Crippen LogP contribution is 2.37. The first-order valence-electron chi connectivity index (χ1n) is 5.49. The van der Waals surface area contributed by atoms with E-state index in [9.17, 15) is 4.79 Å². The van der Waals surface area contributed by atoms with Crippen LogP contribution in [0.25, 0.3) is 10.9 Å². The largest absolute Gasteiger partial charge is 0.357 e. The highest BCUT2D eigenvalue weighted by atomic mass is 35.5. The van der Waals surface area contributed by atoms with Crippen LogP contribution >= 0.6 is 11.6 Å². The molecule has 0 atom stereocenters. The number of H-pyrrole nitrogens is 1. The number of aryl methyl sites for hydroxylation is 1. The summed E-state index contributed by atoms with van der Waals surface area (Å²) in [4.78, 5) is 15.4. The quantitative estimate of drug-likeness (QED) is 0.788. The maximum Gasteiger partial charge on any atom is 0.168 e. The van der Waals surface area contributed by atoms with E-state index in [1.807, 2.05) is 25.1 Å². The minimum absolute atomic E-state index is 0.247. The molecule has 3 rings (SSSR count). The molecule has 0 amide bonds. The van der Waals surface area contributed by atoms with Crippen molar-refractivity contribution in [2.75, 3.05) is 0 Å². The zero-order chi connectivity index (χ0) is 11.3. The maximum absolute atomic E-state index is 12.2. The van der Waals surface area contributed by atoms with Gasteiger partial charge in [0.05, 0.1) is 10.5 Å². The van der Waals surface area contributed by atoms with Gasteiger partial charge in [0.2, 0.25) is 0 Å². The van der Waals surface area contributed by atoms with Crippen LogP contribution < -0.4 is 0 Å². The normalized spacial score (nSPS) is 15.6. The van der Waals surface area contributed by atoms with Crippen LogP contribution in [0.1, 0.15) is 28.9 Å². The van der Waals surface area contributed by atoms with E-state index in [-0.39, 0.29) is 11.7 Å². The molecule has 2 aromatic rings. The smallest absolute Gasteiger partial charge is 0.168 e. The molecule has 0 bridgehead atoms. The summed E-state index contributed by atoms with van der Waals surface area (Å²) in [6.07, 6.45) is 2.07. The summed E-state index contributed by atoms with van der Waals surface area (Å²) in [5.74, 6) is 0.516. The summed E-state index contributed by atoms with van der Waals surface area (Å²) < 4.78 is 0. The molecule has 0 saturated heterocycles. The lowest BCUT2D eigenvalue weighted by atomic mass is 10.0. The van der Waals surface area contributed by atoms with E-state index in [1.165, 1.54) is 0 Å². The van der Waals surface area contributed by atoms with E-state index in [2.05, 4.69) is 4.98 Å². The molecule has 3 heteroatoms. The van der Waals surface area contributed by atoms with Gasteiger partial charge >= 0.3 is 0 Å². The lowest BCUT2D eigenvalue weighted by Gasteiger charge is -1.98. The Morgan fingerprint density at radius 2 is 2.19 bits per heavy atom.